The van der Waals surface area contributed by atoms with E-state index in [1.165, 1.54) is 0 Å². The van der Waals surface area contributed by atoms with Crippen molar-refractivity contribution in [2.24, 2.45) is 5.73 Å². The zero-order valence-corrected chi connectivity index (χ0v) is 17.0. The van der Waals surface area contributed by atoms with Gasteiger partial charge in [-0.2, -0.15) is 0 Å². The third kappa shape index (κ3) is 4.64. The molecule has 0 aliphatic carbocycles. The zero-order valence-electron chi connectivity index (χ0n) is 15.4. The van der Waals surface area contributed by atoms with Crippen molar-refractivity contribution in [2.75, 3.05) is 19.8 Å². The fourth-order valence-electron chi connectivity index (χ4n) is 3.54. The first-order chi connectivity index (χ1) is 12.5. The van der Waals surface area contributed by atoms with Crippen molar-refractivity contribution in [1.82, 2.24) is 5.32 Å². The molecule has 27 heavy (non-hydrogen) atoms. The zero-order chi connectivity index (χ0) is 18.6. The van der Waals surface area contributed by atoms with E-state index in [4.69, 9.17) is 22.1 Å². The summed E-state index contributed by atoms with van der Waals surface area (Å²) in [6.07, 6.45) is 1.62. The van der Waals surface area contributed by atoms with Crippen molar-refractivity contribution in [3.8, 4) is 0 Å². The van der Waals surface area contributed by atoms with Crippen LogP contribution < -0.4 is 11.1 Å². The van der Waals surface area contributed by atoms with Gasteiger partial charge in [-0.15, -0.1) is 12.4 Å². The fourth-order valence-corrected chi connectivity index (χ4v) is 3.88. The molecule has 0 radical (unpaired) electrons. The van der Waals surface area contributed by atoms with E-state index >= 15 is 0 Å². The Hall–Kier alpha value is -1.59. The Labute approximate surface area is 171 Å². The molecule has 0 aromatic heterocycles. The maximum Gasteiger partial charge on any atom is 0.244 e. The SMILES string of the molecule is CC(N)(C(=O)NCC1(c2ccccc2Cl)CCOCC1)c1ccccc1.Cl. The van der Waals surface area contributed by atoms with Gasteiger partial charge in [0.25, 0.3) is 0 Å². The molecule has 2 aromatic rings. The number of hydrogen-bond acceptors (Lipinski definition) is 3. The van der Waals surface area contributed by atoms with Gasteiger partial charge in [0.1, 0.15) is 5.54 Å². The van der Waals surface area contributed by atoms with E-state index in [-0.39, 0.29) is 23.7 Å². The van der Waals surface area contributed by atoms with Gasteiger partial charge in [0.05, 0.1) is 0 Å². The molecule has 4 nitrogen and oxygen atoms in total. The van der Waals surface area contributed by atoms with E-state index in [1.807, 2.05) is 54.6 Å². The van der Waals surface area contributed by atoms with Gasteiger partial charge in [0, 0.05) is 30.2 Å². The Kier molecular flexibility index (Phi) is 7.29. The maximum atomic E-state index is 12.9. The van der Waals surface area contributed by atoms with E-state index in [1.54, 1.807) is 6.92 Å². The Morgan fingerprint density at radius 2 is 1.74 bits per heavy atom. The van der Waals surface area contributed by atoms with Crippen LogP contribution >= 0.6 is 24.0 Å². The number of amides is 1. The van der Waals surface area contributed by atoms with Crippen LogP contribution in [0.3, 0.4) is 0 Å². The molecule has 146 valence electrons. The average molecular weight is 409 g/mol. The van der Waals surface area contributed by atoms with E-state index in [0.717, 1.165) is 29.0 Å². The summed E-state index contributed by atoms with van der Waals surface area (Å²) in [5, 5.41) is 3.80. The summed E-state index contributed by atoms with van der Waals surface area (Å²) in [5.74, 6) is -0.193. The molecule has 1 amide bonds. The second kappa shape index (κ2) is 9.07. The maximum absolute atomic E-state index is 12.9. The number of rotatable bonds is 5. The molecular weight excluding hydrogens is 383 g/mol. The molecule has 1 atom stereocenters. The summed E-state index contributed by atoms with van der Waals surface area (Å²) in [7, 11) is 0. The van der Waals surface area contributed by atoms with Gasteiger partial charge < -0.3 is 15.8 Å². The monoisotopic (exact) mass is 408 g/mol. The van der Waals surface area contributed by atoms with Crippen molar-refractivity contribution in [3.05, 3.63) is 70.7 Å². The minimum Gasteiger partial charge on any atom is -0.381 e. The van der Waals surface area contributed by atoms with Crippen LogP contribution in [0.4, 0.5) is 0 Å². The molecule has 0 bridgehead atoms. The first-order valence-corrected chi connectivity index (χ1v) is 9.29. The molecule has 1 aliphatic rings. The highest BCUT2D eigenvalue weighted by Crippen LogP contribution is 2.38. The fraction of sp³-hybridized carbons (Fsp3) is 0.381. The van der Waals surface area contributed by atoms with Gasteiger partial charge in [-0.1, -0.05) is 60.1 Å². The first kappa shape index (κ1) is 21.7. The van der Waals surface area contributed by atoms with Crippen molar-refractivity contribution < 1.29 is 9.53 Å². The molecule has 3 rings (SSSR count). The van der Waals surface area contributed by atoms with E-state index < -0.39 is 5.54 Å². The Morgan fingerprint density at radius 3 is 2.37 bits per heavy atom. The molecule has 6 heteroatoms. The Bertz CT molecular complexity index is 760. The van der Waals surface area contributed by atoms with Crippen LogP contribution in [0.1, 0.15) is 30.9 Å². The number of nitrogens with one attached hydrogen (secondary N) is 1. The van der Waals surface area contributed by atoms with Gasteiger partial charge >= 0.3 is 0 Å². The molecule has 0 saturated carbocycles. The largest absolute Gasteiger partial charge is 0.381 e. The third-order valence-electron chi connectivity index (χ3n) is 5.33. The van der Waals surface area contributed by atoms with Gasteiger partial charge in [-0.3, -0.25) is 4.79 Å². The predicted molar refractivity (Wildman–Crippen MR) is 111 cm³/mol. The smallest absolute Gasteiger partial charge is 0.244 e. The third-order valence-corrected chi connectivity index (χ3v) is 5.66. The lowest BCUT2D eigenvalue weighted by Crippen LogP contribution is -2.53. The topological polar surface area (TPSA) is 64.4 Å². The molecule has 1 heterocycles. The second-order valence-electron chi connectivity index (χ2n) is 7.12. The van der Waals surface area contributed by atoms with E-state index in [9.17, 15) is 4.79 Å². The van der Waals surface area contributed by atoms with Crippen molar-refractivity contribution in [3.63, 3.8) is 0 Å². The molecule has 2 aromatic carbocycles. The highest BCUT2D eigenvalue weighted by Gasteiger charge is 2.38. The van der Waals surface area contributed by atoms with Crippen molar-refractivity contribution >= 4 is 29.9 Å². The number of hydrogen-bond donors (Lipinski definition) is 2. The molecule has 1 unspecified atom stereocenters. The average Bonchev–Trinajstić information content (AvgIpc) is 2.68. The second-order valence-corrected chi connectivity index (χ2v) is 7.53. The van der Waals surface area contributed by atoms with Gasteiger partial charge in [-0.25, -0.2) is 0 Å². The minimum absolute atomic E-state index is 0. The molecule has 1 saturated heterocycles. The van der Waals surface area contributed by atoms with Crippen LogP contribution in [0.2, 0.25) is 5.02 Å². The van der Waals surface area contributed by atoms with Gasteiger partial charge in [-0.05, 0) is 37.0 Å². The normalized spacial score (nSPS) is 18.0. The quantitative estimate of drug-likeness (QED) is 0.790. The predicted octanol–water partition coefficient (Wildman–Crippen LogP) is 3.80. The van der Waals surface area contributed by atoms with Crippen LogP contribution in [0, 0.1) is 0 Å². The number of benzene rings is 2. The molecule has 0 spiro atoms. The summed E-state index contributed by atoms with van der Waals surface area (Å²) in [6.45, 7) is 3.53. The van der Waals surface area contributed by atoms with E-state index in [0.29, 0.717) is 19.8 Å². The summed E-state index contributed by atoms with van der Waals surface area (Å²) in [4.78, 5) is 12.9. The minimum atomic E-state index is -1.09. The lowest BCUT2D eigenvalue weighted by molar-refractivity contribution is -0.126. The summed E-state index contributed by atoms with van der Waals surface area (Å²) in [5.41, 5.74) is 6.87. The number of nitrogens with two attached hydrogens (primary N) is 1. The van der Waals surface area contributed by atoms with Crippen LogP contribution in [0.15, 0.2) is 54.6 Å². The van der Waals surface area contributed by atoms with Crippen LogP contribution in [0.5, 0.6) is 0 Å². The number of halogens is 2. The van der Waals surface area contributed by atoms with Gasteiger partial charge in [0.15, 0.2) is 0 Å². The first-order valence-electron chi connectivity index (χ1n) is 8.91. The van der Waals surface area contributed by atoms with Crippen molar-refractivity contribution in [2.45, 2.75) is 30.7 Å². The molecule has 3 N–H and O–H groups in total. The molecule has 1 fully saturated rings. The summed E-state index contributed by atoms with van der Waals surface area (Å²) >= 11 is 6.47. The summed E-state index contributed by atoms with van der Waals surface area (Å²) < 4.78 is 5.55. The van der Waals surface area contributed by atoms with E-state index in [2.05, 4.69) is 5.32 Å². The lowest BCUT2D eigenvalue weighted by Gasteiger charge is -2.39. The summed E-state index contributed by atoms with van der Waals surface area (Å²) in [6, 6.07) is 17.3. The highest BCUT2D eigenvalue weighted by atomic mass is 35.5. The highest BCUT2D eigenvalue weighted by molar-refractivity contribution is 6.31. The molecular formula is C21H26Cl2N2O2. The van der Waals surface area contributed by atoms with Crippen LogP contribution in [0.25, 0.3) is 0 Å². The number of ether oxygens (including phenoxy) is 1. The lowest BCUT2D eigenvalue weighted by atomic mass is 9.74. The Morgan fingerprint density at radius 1 is 1.15 bits per heavy atom. The Balaban J connectivity index is 0.00000261. The number of carbonyl (C=O) groups excluding carboxylic acids is 1. The van der Waals surface area contributed by atoms with Gasteiger partial charge in [0.2, 0.25) is 5.91 Å². The van der Waals surface area contributed by atoms with Crippen LogP contribution in [-0.2, 0) is 20.5 Å². The van der Waals surface area contributed by atoms with Crippen LogP contribution in [-0.4, -0.2) is 25.7 Å². The van der Waals surface area contributed by atoms with Crippen molar-refractivity contribution in [1.29, 1.82) is 0 Å². The standard InChI is InChI=1S/C21H25ClN2O2.ClH/c1-20(23,16-7-3-2-4-8-16)19(25)24-15-21(11-13-26-14-12-21)17-9-5-6-10-18(17)22;/h2-10H,11-15,23H2,1H3,(H,24,25);1H. The number of carbonyl (C=O) groups is 1. The molecule has 1 aliphatic heterocycles.